The minimum atomic E-state index is -0.373. The van der Waals surface area contributed by atoms with E-state index in [1.54, 1.807) is 0 Å². The number of hydrogen-bond donors (Lipinski definition) is 1. The zero-order valence-corrected chi connectivity index (χ0v) is 18.3. The van der Waals surface area contributed by atoms with E-state index < -0.39 is 0 Å². The van der Waals surface area contributed by atoms with Gasteiger partial charge in [0.25, 0.3) is 0 Å². The average molecular weight is 434 g/mol. The maximum Gasteiger partial charge on any atom is 0.238 e. The molecule has 1 aromatic heterocycles. The topological polar surface area (TPSA) is 63.1 Å². The van der Waals surface area contributed by atoms with Gasteiger partial charge in [-0.05, 0) is 49.8 Å². The van der Waals surface area contributed by atoms with Crippen LogP contribution in [-0.4, -0.2) is 39.8 Å². The van der Waals surface area contributed by atoms with E-state index in [1.165, 1.54) is 31.0 Å². The number of nitrogens with zero attached hydrogens (tertiary/aromatic N) is 4. The van der Waals surface area contributed by atoms with Gasteiger partial charge in [-0.1, -0.05) is 60.3 Å². The molecule has 31 heavy (non-hydrogen) atoms. The summed E-state index contributed by atoms with van der Waals surface area (Å²) in [4.78, 5) is 15.5. The van der Waals surface area contributed by atoms with Gasteiger partial charge >= 0.3 is 0 Å². The minimum absolute atomic E-state index is 0.0424. The molecule has 0 radical (unpaired) electrons. The van der Waals surface area contributed by atoms with E-state index in [0.717, 1.165) is 48.3 Å². The van der Waals surface area contributed by atoms with E-state index in [9.17, 15) is 4.79 Å². The molecule has 7 heteroatoms. The maximum atomic E-state index is 13.2. The van der Waals surface area contributed by atoms with Crippen molar-refractivity contribution in [3.63, 3.8) is 0 Å². The van der Waals surface area contributed by atoms with Gasteiger partial charge in [-0.3, -0.25) is 9.36 Å². The number of benzene rings is 2. The Balaban J connectivity index is 1.51. The summed E-state index contributed by atoms with van der Waals surface area (Å²) in [5.74, 6) is 0.906. The lowest BCUT2D eigenvalue weighted by Crippen LogP contribution is -2.32. The number of para-hydroxylation sites is 1. The second-order valence-electron chi connectivity index (χ2n) is 8.19. The van der Waals surface area contributed by atoms with Crippen LogP contribution in [0.3, 0.4) is 0 Å². The third-order valence-corrected chi connectivity index (χ3v) is 6.95. The Kier molecular flexibility index (Phi) is 5.93. The Morgan fingerprint density at radius 3 is 2.29 bits per heavy atom. The van der Waals surface area contributed by atoms with Gasteiger partial charge in [-0.15, -0.1) is 10.2 Å². The number of piperidine rings is 1. The molecule has 0 spiro atoms. The third kappa shape index (κ3) is 4.61. The number of hydrogen-bond acceptors (Lipinski definition) is 5. The number of carbonyl (C=O) groups excluding carboxylic acids is 1. The lowest BCUT2D eigenvalue weighted by atomic mass is 10.1. The normalized spacial score (nSPS) is 17.4. The van der Waals surface area contributed by atoms with E-state index in [1.807, 2.05) is 48.5 Å². The number of amides is 1. The zero-order valence-electron chi connectivity index (χ0n) is 17.5. The summed E-state index contributed by atoms with van der Waals surface area (Å²) in [7, 11) is 0. The van der Waals surface area contributed by atoms with E-state index >= 15 is 0 Å². The van der Waals surface area contributed by atoms with Crippen LogP contribution in [0.25, 0.3) is 5.69 Å². The molecule has 5 rings (SSSR count). The molecular weight excluding hydrogens is 406 g/mol. The van der Waals surface area contributed by atoms with Crippen molar-refractivity contribution >= 4 is 23.6 Å². The van der Waals surface area contributed by atoms with Crippen molar-refractivity contribution in [1.29, 1.82) is 0 Å². The Morgan fingerprint density at radius 1 is 0.935 bits per heavy atom. The summed E-state index contributed by atoms with van der Waals surface area (Å²) in [6, 6.07) is 20.5. The summed E-state index contributed by atoms with van der Waals surface area (Å²) in [5.41, 5.74) is 2.00. The number of carbonyl (C=O) groups is 1. The lowest BCUT2D eigenvalue weighted by Gasteiger charge is -2.28. The first kappa shape index (κ1) is 20.1. The average Bonchev–Trinajstić information content (AvgIpc) is 3.54. The summed E-state index contributed by atoms with van der Waals surface area (Å²) in [5, 5.41) is 12.7. The smallest absolute Gasteiger partial charge is 0.238 e. The molecule has 2 aromatic carbocycles. The Labute approximate surface area is 187 Å². The molecule has 1 N–H and O–H groups in total. The monoisotopic (exact) mass is 433 g/mol. The second kappa shape index (κ2) is 9.14. The minimum Gasteiger partial charge on any atom is -0.352 e. The predicted octanol–water partition coefficient (Wildman–Crippen LogP) is 4.37. The first-order valence-corrected chi connectivity index (χ1v) is 12.0. The van der Waals surface area contributed by atoms with Gasteiger partial charge in [0.05, 0.1) is 5.69 Å². The molecule has 0 unspecified atom stereocenters. The van der Waals surface area contributed by atoms with Crippen LogP contribution in [0.15, 0.2) is 65.8 Å². The Morgan fingerprint density at radius 2 is 1.61 bits per heavy atom. The van der Waals surface area contributed by atoms with Gasteiger partial charge < -0.3 is 10.2 Å². The van der Waals surface area contributed by atoms with Crippen LogP contribution < -0.4 is 10.2 Å². The molecule has 1 aliphatic heterocycles. The first-order valence-electron chi connectivity index (χ1n) is 11.1. The highest BCUT2D eigenvalue weighted by atomic mass is 32.2. The Hall–Kier alpha value is -2.80. The molecule has 2 fully saturated rings. The maximum absolute atomic E-state index is 13.2. The van der Waals surface area contributed by atoms with E-state index in [0.29, 0.717) is 6.04 Å². The molecule has 1 amide bonds. The van der Waals surface area contributed by atoms with Crippen LogP contribution in [0.4, 0.5) is 5.95 Å². The molecule has 3 aromatic rings. The van der Waals surface area contributed by atoms with Crippen LogP contribution in [0, 0.1) is 0 Å². The molecule has 0 bridgehead atoms. The van der Waals surface area contributed by atoms with Gasteiger partial charge in [0.1, 0.15) is 5.25 Å². The van der Waals surface area contributed by atoms with Crippen molar-refractivity contribution < 1.29 is 4.79 Å². The van der Waals surface area contributed by atoms with Crippen molar-refractivity contribution in [3.05, 3.63) is 66.2 Å². The molecule has 1 saturated carbocycles. The number of thioether (sulfide) groups is 1. The van der Waals surface area contributed by atoms with Gasteiger partial charge in [0.2, 0.25) is 11.9 Å². The van der Waals surface area contributed by atoms with Crippen LogP contribution in [-0.2, 0) is 4.79 Å². The fourth-order valence-corrected chi connectivity index (χ4v) is 5.01. The Bertz CT molecular complexity index is 1010. The van der Waals surface area contributed by atoms with Gasteiger partial charge in [0, 0.05) is 19.1 Å². The highest BCUT2D eigenvalue weighted by Gasteiger charge is 2.31. The van der Waals surface area contributed by atoms with E-state index in [-0.39, 0.29) is 11.2 Å². The summed E-state index contributed by atoms with van der Waals surface area (Å²) < 4.78 is 2.11. The first-order chi connectivity index (χ1) is 15.3. The molecule has 2 heterocycles. The van der Waals surface area contributed by atoms with Crippen LogP contribution in [0.1, 0.15) is 42.9 Å². The third-order valence-electron chi connectivity index (χ3n) is 5.76. The van der Waals surface area contributed by atoms with Crippen molar-refractivity contribution in [3.8, 4) is 5.69 Å². The summed E-state index contributed by atoms with van der Waals surface area (Å²) in [6.07, 6.45) is 5.73. The van der Waals surface area contributed by atoms with Crippen molar-refractivity contribution in [2.45, 2.75) is 48.6 Å². The fraction of sp³-hybridized carbons (Fsp3) is 0.375. The SMILES string of the molecule is O=C(NC1CC1)[C@@H](Sc1nnc(N2CCCCC2)n1-c1ccccc1)c1ccccc1. The quantitative estimate of drug-likeness (QED) is 0.561. The number of aromatic nitrogens is 3. The summed E-state index contributed by atoms with van der Waals surface area (Å²) in [6.45, 7) is 1.97. The van der Waals surface area contributed by atoms with Crippen LogP contribution >= 0.6 is 11.8 Å². The van der Waals surface area contributed by atoms with Gasteiger partial charge in [-0.2, -0.15) is 0 Å². The number of rotatable bonds is 7. The van der Waals surface area contributed by atoms with Crippen molar-refractivity contribution in [2.24, 2.45) is 0 Å². The molecule has 1 saturated heterocycles. The molecule has 1 aliphatic carbocycles. The zero-order chi connectivity index (χ0) is 21.0. The van der Waals surface area contributed by atoms with E-state index in [4.69, 9.17) is 0 Å². The number of nitrogens with one attached hydrogen (secondary N) is 1. The molecule has 2 aliphatic rings. The predicted molar refractivity (Wildman–Crippen MR) is 124 cm³/mol. The van der Waals surface area contributed by atoms with Crippen LogP contribution in [0.2, 0.25) is 0 Å². The highest BCUT2D eigenvalue weighted by Crippen LogP contribution is 2.38. The van der Waals surface area contributed by atoms with E-state index in [2.05, 4.69) is 37.1 Å². The van der Waals surface area contributed by atoms with Gasteiger partial charge in [-0.25, -0.2) is 0 Å². The van der Waals surface area contributed by atoms with Gasteiger partial charge in [0.15, 0.2) is 5.16 Å². The second-order valence-corrected chi connectivity index (χ2v) is 9.26. The molecule has 6 nitrogen and oxygen atoms in total. The van der Waals surface area contributed by atoms with Crippen LogP contribution in [0.5, 0.6) is 0 Å². The molecule has 1 atom stereocenters. The van der Waals surface area contributed by atoms with Crippen molar-refractivity contribution in [1.82, 2.24) is 20.1 Å². The molecule has 160 valence electrons. The standard InChI is InChI=1S/C24H27N5OS/c30-22(25-19-14-15-19)21(18-10-4-1-5-11-18)31-24-27-26-23(28-16-8-3-9-17-28)29(24)20-12-6-2-7-13-20/h1-2,4-7,10-13,19,21H,3,8-9,14-17H2,(H,25,30)/t21-/m0/s1. The van der Waals surface area contributed by atoms with Crippen molar-refractivity contribution in [2.75, 3.05) is 18.0 Å². The largest absolute Gasteiger partial charge is 0.352 e. The molecular formula is C24H27N5OS. The highest BCUT2D eigenvalue weighted by molar-refractivity contribution is 8.00. The fourth-order valence-electron chi connectivity index (χ4n) is 3.95. The summed E-state index contributed by atoms with van der Waals surface area (Å²) >= 11 is 1.48. The number of anilines is 1. The lowest BCUT2D eigenvalue weighted by molar-refractivity contribution is -0.120.